The molecule has 0 radical (unpaired) electrons. The molecule has 108 valence electrons. The van der Waals surface area contributed by atoms with Crippen molar-refractivity contribution in [2.75, 3.05) is 6.61 Å². The predicted octanol–water partition coefficient (Wildman–Crippen LogP) is 1.77. The number of nitrogens with one attached hydrogen (secondary N) is 1. The summed E-state index contributed by atoms with van der Waals surface area (Å²) in [6, 6.07) is 5.12. The molecule has 1 aliphatic carbocycles. The summed E-state index contributed by atoms with van der Waals surface area (Å²) in [5.41, 5.74) is 6.89. The lowest BCUT2D eigenvalue weighted by Crippen LogP contribution is -2.69. The lowest BCUT2D eigenvalue weighted by molar-refractivity contribution is -0.125. The fraction of sp³-hybridized carbons (Fsp3) is 0.500. The van der Waals surface area contributed by atoms with Gasteiger partial charge in [-0.05, 0) is 24.1 Å². The number of fused-ring (bicyclic) bond motifs is 1. The minimum atomic E-state index is -0.0715. The van der Waals surface area contributed by atoms with Crippen LogP contribution in [0.15, 0.2) is 18.2 Å². The number of amides is 1. The zero-order chi connectivity index (χ0) is 14.3. The van der Waals surface area contributed by atoms with Crippen LogP contribution in [0, 0.1) is 5.92 Å². The summed E-state index contributed by atoms with van der Waals surface area (Å²) in [6.45, 7) is 0.738. The van der Waals surface area contributed by atoms with E-state index in [0.717, 1.165) is 18.6 Å². The van der Waals surface area contributed by atoms with Gasteiger partial charge >= 0.3 is 0 Å². The number of carbonyl (C=O) groups excluding carboxylic acids is 1. The van der Waals surface area contributed by atoms with Crippen molar-refractivity contribution in [3.05, 3.63) is 33.8 Å². The van der Waals surface area contributed by atoms with Crippen LogP contribution < -0.4 is 11.1 Å². The Morgan fingerprint density at radius 3 is 2.95 bits per heavy atom. The van der Waals surface area contributed by atoms with E-state index in [0.29, 0.717) is 16.0 Å². The second-order valence-electron chi connectivity index (χ2n) is 5.38. The van der Waals surface area contributed by atoms with Gasteiger partial charge in [-0.1, -0.05) is 29.3 Å². The van der Waals surface area contributed by atoms with Gasteiger partial charge in [-0.15, -0.1) is 0 Å². The second kappa shape index (κ2) is 5.53. The quantitative estimate of drug-likeness (QED) is 0.893. The van der Waals surface area contributed by atoms with Crippen molar-refractivity contribution < 1.29 is 9.53 Å². The van der Waals surface area contributed by atoms with E-state index in [4.69, 9.17) is 33.7 Å². The van der Waals surface area contributed by atoms with Gasteiger partial charge in [-0.25, -0.2) is 0 Å². The number of carbonyl (C=O) groups is 1. The van der Waals surface area contributed by atoms with Crippen LogP contribution in [0.25, 0.3) is 0 Å². The van der Waals surface area contributed by atoms with Crippen LogP contribution in [0.4, 0.5) is 0 Å². The van der Waals surface area contributed by atoms with Crippen molar-refractivity contribution in [3.63, 3.8) is 0 Å². The summed E-state index contributed by atoms with van der Waals surface area (Å²) in [7, 11) is 0. The summed E-state index contributed by atoms with van der Waals surface area (Å²) in [6.07, 6.45) is 1.34. The Labute approximate surface area is 127 Å². The van der Waals surface area contributed by atoms with Crippen molar-refractivity contribution in [1.29, 1.82) is 0 Å². The van der Waals surface area contributed by atoms with Gasteiger partial charge in [0.1, 0.15) is 0 Å². The average Bonchev–Trinajstić information content (AvgIpc) is 2.85. The number of ether oxygens (including phenoxy) is 1. The van der Waals surface area contributed by atoms with Gasteiger partial charge in [0.05, 0.1) is 28.6 Å². The summed E-state index contributed by atoms with van der Waals surface area (Å²) in [5.74, 6) is 0.322. The van der Waals surface area contributed by atoms with Gasteiger partial charge in [0, 0.05) is 18.6 Å². The van der Waals surface area contributed by atoms with Crippen molar-refractivity contribution in [2.45, 2.75) is 31.0 Å². The molecule has 1 amide bonds. The molecule has 6 heteroatoms. The second-order valence-corrected chi connectivity index (χ2v) is 6.20. The fourth-order valence-corrected chi connectivity index (χ4v) is 3.32. The molecule has 1 aromatic rings. The SMILES string of the molecule is NC1C2CCOC2C1NC(=O)Cc1ccc(Cl)c(Cl)c1. The maximum Gasteiger partial charge on any atom is 0.224 e. The Kier molecular flexibility index (Phi) is 3.91. The number of nitrogens with two attached hydrogens (primary N) is 1. The summed E-state index contributed by atoms with van der Waals surface area (Å²) in [4.78, 5) is 12.0. The van der Waals surface area contributed by atoms with E-state index in [-0.39, 0.29) is 30.5 Å². The Hall–Kier alpha value is -0.810. The molecule has 1 aromatic carbocycles. The van der Waals surface area contributed by atoms with Gasteiger partial charge < -0.3 is 15.8 Å². The molecule has 0 bridgehead atoms. The van der Waals surface area contributed by atoms with Gasteiger partial charge in [-0.3, -0.25) is 4.79 Å². The normalized spacial score (nSPS) is 31.6. The smallest absolute Gasteiger partial charge is 0.224 e. The van der Waals surface area contributed by atoms with Crippen molar-refractivity contribution in [3.8, 4) is 0 Å². The Balaban J connectivity index is 1.58. The molecule has 2 aliphatic rings. The fourth-order valence-electron chi connectivity index (χ4n) is 3.00. The summed E-state index contributed by atoms with van der Waals surface area (Å²) >= 11 is 11.8. The third-order valence-electron chi connectivity index (χ3n) is 4.12. The van der Waals surface area contributed by atoms with Crippen LogP contribution in [-0.4, -0.2) is 30.7 Å². The zero-order valence-corrected chi connectivity index (χ0v) is 12.3. The lowest BCUT2D eigenvalue weighted by Gasteiger charge is -2.45. The van der Waals surface area contributed by atoms with Crippen LogP contribution >= 0.6 is 23.2 Å². The zero-order valence-electron chi connectivity index (χ0n) is 10.8. The molecule has 4 atom stereocenters. The topological polar surface area (TPSA) is 64.3 Å². The molecular formula is C14H16Cl2N2O2. The predicted molar refractivity (Wildman–Crippen MR) is 77.9 cm³/mol. The lowest BCUT2D eigenvalue weighted by atomic mass is 9.72. The Bertz CT molecular complexity index is 538. The first-order chi connectivity index (χ1) is 9.56. The maximum atomic E-state index is 12.0. The number of halogens is 2. The highest BCUT2D eigenvalue weighted by Gasteiger charge is 2.52. The first-order valence-corrected chi connectivity index (χ1v) is 7.42. The third kappa shape index (κ3) is 2.53. The number of hydrogen-bond donors (Lipinski definition) is 2. The van der Waals surface area contributed by atoms with E-state index >= 15 is 0 Å². The Morgan fingerprint density at radius 1 is 1.40 bits per heavy atom. The number of hydrogen-bond acceptors (Lipinski definition) is 3. The molecule has 4 unspecified atom stereocenters. The number of rotatable bonds is 3. The standard InChI is InChI=1S/C14H16Cl2N2O2/c15-9-2-1-7(5-10(9)16)6-11(19)18-13-12(17)8-3-4-20-14(8)13/h1-2,5,8,12-14H,3-4,6,17H2,(H,18,19). The molecule has 1 saturated carbocycles. The molecule has 20 heavy (non-hydrogen) atoms. The maximum absolute atomic E-state index is 12.0. The van der Waals surface area contributed by atoms with Crippen molar-refractivity contribution in [1.82, 2.24) is 5.32 Å². The summed E-state index contributed by atoms with van der Waals surface area (Å²) < 4.78 is 5.59. The molecular weight excluding hydrogens is 299 g/mol. The molecule has 2 fully saturated rings. The highest BCUT2D eigenvalue weighted by atomic mass is 35.5. The first-order valence-electron chi connectivity index (χ1n) is 6.67. The van der Waals surface area contributed by atoms with Crippen LogP contribution in [0.3, 0.4) is 0 Å². The van der Waals surface area contributed by atoms with E-state index in [1.807, 2.05) is 0 Å². The molecule has 1 saturated heterocycles. The van der Waals surface area contributed by atoms with E-state index in [1.54, 1.807) is 18.2 Å². The van der Waals surface area contributed by atoms with E-state index in [1.165, 1.54) is 0 Å². The molecule has 1 aliphatic heterocycles. The molecule has 1 heterocycles. The highest BCUT2D eigenvalue weighted by molar-refractivity contribution is 6.42. The van der Waals surface area contributed by atoms with E-state index < -0.39 is 0 Å². The van der Waals surface area contributed by atoms with E-state index in [2.05, 4.69) is 5.32 Å². The highest BCUT2D eigenvalue weighted by Crippen LogP contribution is 2.37. The van der Waals surface area contributed by atoms with Crippen molar-refractivity contribution in [2.24, 2.45) is 11.7 Å². The van der Waals surface area contributed by atoms with Crippen LogP contribution in [0.2, 0.25) is 10.0 Å². The van der Waals surface area contributed by atoms with Gasteiger partial charge in [0.25, 0.3) is 0 Å². The van der Waals surface area contributed by atoms with Crippen LogP contribution in [-0.2, 0) is 16.0 Å². The van der Waals surface area contributed by atoms with Gasteiger partial charge in [-0.2, -0.15) is 0 Å². The monoisotopic (exact) mass is 314 g/mol. The third-order valence-corrected chi connectivity index (χ3v) is 4.86. The molecule has 3 rings (SSSR count). The molecule has 4 nitrogen and oxygen atoms in total. The van der Waals surface area contributed by atoms with Gasteiger partial charge in [0.2, 0.25) is 5.91 Å². The Morgan fingerprint density at radius 2 is 2.20 bits per heavy atom. The molecule has 0 spiro atoms. The van der Waals surface area contributed by atoms with Crippen LogP contribution in [0.1, 0.15) is 12.0 Å². The minimum Gasteiger partial charge on any atom is -0.376 e. The number of benzene rings is 1. The van der Waals surface area contributed by atoms with Gasteiger partial charge in [0.15, 0.2) is 0 Å². The van der Waals surface area contributed by atoms with Crippen LogP contribution in [0.5, 0.6) is 0 Å². The first kappa shape index (κ1) is 14.1. The van der Waals surface area contributed by atoms with E-state index in [9.17, 15) is 4.79 Å². The molecule has 0 aromatic heterocycles. The largest absolute Gasteiger partial charge is 0.376 e. The summed E-state index contributed by atoms with van der Waals surface area (Å²) in [5, 5.41) is 3.90. The van der Waals surface area contributed by atoms with Crippen molar-refractivity contribution >= 4 is 29.1 Å². The molecule has 3 N–H and O–H groups in total. The minimum absolute atomic E-state index is 0.000237. The average molecular weight is 315 g/mol.